The quantitative estimate of drug-likeness (QED) is 0.666. The summed E-state index contributed by atoms with van der Waals surface area (Å²) in [6.45, 7) is 0.929. The van der Waals surface area contributed by atoms with E-state index in [1.807, 2.05) is 6.26 Å². The van der Waals surface area contributed by atoms with Gasteiger partial charge < -0.3 is 19.8 Å². The Balaban J connectivity index is 1.87. The Bertz CT molecular complexity index is 1020. The Labute approximate surface area is 158 Å². The topological polar surface area (TPSA) is 89.1 Å². The molecule has 0 saturated heterocycles. The van der Waals surface area contributed by atoms with E-state index in [2.05, 4.69) is 20.3 Å². The minimum Gasteiger partial charge on any atom is -0.483 e. The smallest absolute Gasteiger partial charge is 0.222 e. The average Bonchev–Trinajstić information content (AvgIpc) is 3.09. The van der Waals surface area contributed by atoms with Crippen molar-refractivity contribution < 1.29 is 18.7 Å². The highest BCUT2D eigenvalue weighted by atomic mass is 32.2. The predicted octanol–water partition coefficient (Wildman–Crippen LogP) is 3.41. The van der Waals surface area contributed by atoms with Crippen molar-refractivity contribution in [2.24, 2.45) is 0 Å². The molecule has 7 nitrogen and oxygen atoms in total. The number of hydrogen-bond donors (Lipinski definition) is 2. The standard InChI is InChI=1S/C18H17FN4O3S/c1-9(24)22-15-3-11-12(6-20-13(11)7-21-15)17-18-14(4-16(23-17)27-2)26-10(5-19)8-25-18/h3-4,6-7,10,20H,5,8H2,1-2H3,(H,21,22,24). The van der Waals surface area contributed by atoms with E-state index in [9.17, 15) is 9.18 Å². The van der Waals surface area contributed by atoms with Crippen LogP contribution in [-0.4, -0.2) is 46.5 Å². The molecule has 1 aliphatic heterocycles. The number of halogens is 1. The van der Waals surface area contributed by atoms with Crippen molar-refractivity contribution in [3.05, 3.63) is 24.5 Å². The van der Waals surface area contributed by atoms with Crippen LogP contribution in [0.5, 0.6) is 11.5 Å². The number of ether oxygens (including phenoxy) is 2. The first-order valence-electron chi connectivity index (χ1n) is 8.28. The molecule has 0 aliphatic carbocycles. The van der Waals surface area contributed by atoms with Crippen LogP contribution in [0.15, 0.2) is 29.6 Å². The van der Waals surface area contributed by atoms with Crippen molar-refractivity contribution in [1.82, 2.24) is 15.0 Å². The average molecular weight is 388 g/mol. The van der Waals surface area contributed by atoms with Crippen molar-refractivity contribution in [1.29, 1.82) is 0 Å². The molecule has 4 rings (SSSR count). The normalized spacial score (nSPS) is 15.7. The van der Waals surface area contributed by atoms with Crippen LogP contribution in [0.25, 0.3) is 22.2 Å². The first kappa shape index (κ1) is 17.6. The molecule has 1 atom stereocenters. The van der Waals surface area contributed by atoms with Crippen LogP contribution in [0.2, 0.25) is 0 Å². The molecule has 4 heterocycles. The fraction of sp³-hybridized carbons (Fsp3) is 0.278. The van der Waals surface area contributed by atoms with Crippen molar-refractivity contribution in [3.63, 3.8) is 0 Å². The number of H-pyrrole nitrogens is 1. The number of carbonyl (C=O) groups is 1. The number of thioether (sulfide) groups is 1. The summed E-state index contributed by atoms with van der Waals surface area (Å²) in [6.07, 6.45) is 4.73. The van der Waals surface area contributed by atoms with E-state index >= 15 is 0 Å². The van der Waals surface area contributed by atoms with Crippen LogP contribution in [0, 0.1) is 0 Å². The monoisotopic (exact) mass is 388 g/mol. The van der Waals surface area contributed by atoms with E-state index in [1.54, 1.807) is 24.5 Å². The summed E-state index contributed by atoms with van der Waals surface area (Å²) in [5.41, 5.74) is 2.18. The summed E-state index contributed by atoms with van der Waals surface area (Å²) in [5.74, 6) is 1.20. The summed E-state index contributed by atoms with van der Waals surface area (Å²) in [4.78, 5) is 23.4. The van der Waals surface area contributed by atoms with Gasteiger partial charge in [-0.05, 0) is 12.3 Å². The third-order valence-corrected chi connectivity index (χ3v) is 4.76. The molecule has 0 radical (unpaired) electrons. The van der Waals surface area contributed by atoms with Gasteiger partial charge in [0.15, 0.2) is 17.6 Å². The van der Waals surface area contributed by atoms with E-state index in [0.717, 1.165) is 21.5 Å². The van der Waals surface area contributed by atoms with E-state index < -0.39 is 12.8 Å². The van der Waals surface area contributed by atoms with Crippen molar-refractivity contribution in [2.45, 2.75) is 18.1 Å². The van der Waals surface area contributed by atoms with Gasteiger partial charge in [-0.3, -0.25) is 4.79 Å². The molecule has 9 heteroatoms. The first-order valence-corrected chi connectivity index (χ1v) is 9.51. The van der Waals surface area contributed by atoms with Crippen LogP contribution in [-0.2, 0) is 4.79 Å². The maximum atomic E-state index is 13.0. The molecule has 0 saturated carbocycles. The lowest BCUT2D eigenvalue weighted by Gasteiger charge is -2.26. The molecular formula is C18H17FN4O3S. The van der Waals surface area contributed by atoms with Crippen molar-refractivity contribution >= 4 is 34.4 Å². The van der Waals surface area contributed by atoms with Gasteiger partial charge in [0, 0.05) is 30.1 Å². The Morgan fingerprint density at radius 1 is 1.48 bits per heavy atom. The first-order chi connectivity index (χ1) is 13.1. The molecule has 0 bridgehead atoms. The fourth-order valence-corrected chi connectivity index (χ4v) is 3.34. The zero-order valence-electron chi connectivity index (χ0n) is 14.7. The van der Waals surface area contributed by atoms with E-state index in [1.165, 1.54) is 18.7 Å². The molecule has 3 aromatic heterocycles. The number of pyridine rings is 2. The molecule has 0 spiro atoms. The largest absolute Gasteiger partial charge is 0.483 e. The molecule has 0 aromatic carbocycles. The lowest BCUT2D eigenvalue weighted by Crippen LogP contribution is -2.31. The van der Waals surface area contributed by atoms with Crippen LogP contribution in [0.3, 0.4) is 0 Å². The summed E-state index contributed by atoms with van der Waals surface area (Å²) in [5, 5.41) is 4.24. The number of fused-ring (bicyclic) bond motifs is 2. The summed E-state index contributed by atoms with van der Waals surface area (Å²) in [6, 6.07) is 3.53. The Morgan fingerprint density at radius 3 is 3.07 bits per heavy atom. The minimum absolute atomic E-state index is 0.123. The summed E-state index contributed by atoms with van der Waals surface area (Å²) >= 11 is 1.46. The van der Waals surface area contributed by atoms with Gasteiger partial charge in [0.05, 0.1) is 11.7 Å². The number of hydrogen-bond acceptors (Lipinski definition) is 6. The van der Waals surface area contributed by atoms with Crippen LogP contribution >= 0.6 is 11.8 Å². The maximum Gasteiger partial charge on any atom is 0.222 e. The Hall–Kier alpha value is -2.81. The number of nitrogens with one attached hydrogen (secondary N) is 2. The van der Waals surface area contributed by atoms with Crippen molar-refractivity contribution in [3.8, 4) is 22.8 Å². The van der Waals surface area contributed by atoms with E-state index in [-0.39, 0.29) is 12.5 Å². The SMILES string of the molecule is CSc1cc2c(c(-c3c[nH]c4cnc(NC(C)=O)cc34)n1)OCC(CF)O2. The van der Waals surface area contributed by atoms with Gasteiger partial charge in [-0.15, -0.1) is 11.8 Å². The summed E-state index contributed by atoms with van der Waals surface area (Å²) < 4.78 is 24.5. The molecule has 3 aromatic rings. The molecule has 0 fully saturated rings. The molecule has 2 N–H and O–H groups in total. The van der Waals surface area contributed by atoms with Crippen LogP contribution < -0.4 is 14.8 Å². The number of anilines is 1. The number of aromatic amines is 1. The van der Waals surface area contributed by atoms with Gasteiger partial charge in [0.25, 0.3) is 0 Å². The van der Waals surface area contributed by atoms with Gasteiger partial charge in [-0.1, -0.05) is 0 Å². The molecule has 140 valence electrons. The predicted molar refractivity (Wildman–Crippen MR) is 101 cm³/mol. The fourth-order valence-electron chi connectivity index (χ4n) is 2.93. The lowest BCUT2D eigenvalue weighted by atomic mass is 10.1. The van der Waals surface area contributed by atoms with Gasteiger partial charge in [-0.25, -0.2) is 14.4 Å². The van der Waals surface area contributed by atoms with Gasteiger partial charge in [-0.2, -0.15) is 0 Å². The number of rotatable bonds is 4. The van der Waals surface area contributed by atoms with Crippen LogP contribution in [0.4, 0.5) is 10.2 Å². The lowest BCUT2D eigenvalue weighted by molar-refractivity contribution is -0.114. The van der Waals surface area contributed by atoms with Gasteiger partial charge >= 0.3 is 0 Å². The highest BCUT2D eigenvalue weighted by Gasteiger charge is 2.27. The Kier molecular flexibility index (Phi) is 4.61. The Morgan fingerprint density at radius 2 is 2.33 bits per heavy atom. The number of alkyl halides is 1. The molecule has 1 amide bonds. The molecule has 1 aliphatic rings. The molecule has 27 heavy (non-hydrogen) atoms. The number of nitrogens with zero attached hydrogens (tertiary/aromatic N) is 2. The third kappa shape index (κ3) is 3.30. The highest BCUT2D eigenvalue weighted by molar-refractivity contribution is 7.98. The minimum atomic E-state index is -0.624. The van der Waals surface area contributed by atoms with E-state index in [0.29, 0.717) is 23.0 Å². The van der Waals surface area contributed by atoms with E-state index in [4.69, 9.17) is 9.47 Å². The second-order valence-corrected chi connectivity index (χ2v) is 6.87. The second kappa shape index (κ2) is 7.07. The second-order valence-electron chi connectivity index (χ2n) is 6.04. The van der Waals surface area contributed by atoms with Gasteiger partial charge in [0.2, 0.25) is 5.91 Å². The number of carbonyl (C=O) groups excluding carboxylic acids is 1. The number of amides is 1. The maximum absolute atomic E-state index is 13.0. The van der Waals surface area contributed by atoms with Crippen molar-refractivity contribution in [2.75, 3.05) is 24.9 Å². The third-order valence-electron chi connectivity index (χ3n) is 4.13. The number of aromatic nitrogens is 3. The zero-order chi connectivity index (χ0) is 19.0. The molecule has 1 unspecified atom stereocenters. The van der Waals surface area contributed by atoms with Crippen LogP contribution in [0.1, 0.15) is 6.92 Å². The zero-order valence-corrected chi connectivity index (χ0v) is 15.5. The highest BCUT2D eigenvalue weighted by Crippen LogP contribution is 2.43. The summed E-state index contributed by atoms with van der Waals surface area (Å²) in [7, 11) is 0. The van der Waals surface area contributed by atoms with Gasteiger partial charge in [0.1, 0.15) is 29.8 Å². The molecular weight excluding hydrogens is 371 g/mol.